The number of carbonyl (C=O) groups is 2. The van der Waals surface area contributed by atoms with Gasteiger partial charge in [-0.05, 0) is 67.8 Å². The van der Waals surface area contributed by atoms with E-state index in [1.165, 1.54) is 28.6 Å². The highest BCUT2D eigenvalue weighted by Gasteiger charge is 2.28. The third kappa shape index (κ3) is 3.29. The molecular weight excluding hydrogens is 378 g/mol. The van der Waals surface area contributed by atoms with Gasteiger partial charge in [-0.15, -0.1) is 0 Å². The van der Waals surface area contributed by atoms with Gasteiger partial charge in [0.2, 0.25) is 15.9 Å². The van der Waals surface area contributed by atoms with Crippen molar-refractivity contribution >= 4 is 33.2 Å². The van der Waals surface area contributed by atoms with Crippen molar-refractivity contribution in [2.75, 3.05) is 23.7 Å². The van der Waals surface area contributed by atoms with Crippen molar-refractivity contribution in [2.24, 2.45) is 0 Å². The molecule has 2 aromatic carbocycles. The Bertz CT molecular complexity index is 1040. The third-order valence-corrected chi connectivity index (χ3v) is 7.16. The average Bonchev–Trinajstić information content (AvgIpc) is 3.32. The smallest absolute Gasteiger partial charge is 0.255 e. The molecule has 4 rings (SSSR count). The van der Waals surface area contributed by atoms with Crippen LogP contribution in [0, 0.1) is 0 Å². The second-order valence-electron chi connectivity index (χ2n) is 7.10. The Hall–Kier alpha value is -2.71. The number of rotatable bonds is 4. The number of hydrogen-bond donors (Lipinski definition) is 2. The van der Waals surface area contributed by atoms with Crippen molar-refractivity contribution in [3.63, 3.8) is 0 Å². The van der Waals surface area contributed by atoms with E-state index in [-0.39, 0.29) is 22.6 Å². The molecule has 2 heterocycles. The molecule has 0 aromatic heterocycles. The number of fused-ring (bicyclic) bond motifs is 1. The summed E-state index contributed by atoms with van der Waals surface area (Å²) in [7, 11) is -3.50. The number of hydrogen-bond acceptors (Lipinski definition) is 4. The van der Waals surface area contributed by atoms with Crippen LogP contribution in [-0.4, -0.2) is 37.6 Å². The summed E-state index contributed by atoms with van der Waals surface area (Å²) in [6.07, 6.45) is 1.75. The summed E-state index contributed by atoms with van der Waals surface area (Å²) in [5.41, 5.74) is 2.55. The van der Waals surface area contributed by atoms with Crippen molar-refractivity contribution < 1.29 is 18.0 Å². The van der Waals surface area contributed by atoms with E-state index in [0.29, 0.717) is 24.3 Å². The Morgan fingerprint density at radius 3 is 2.46 bits per heavy atom. The van der Waals surface area contributed by atoms with Crippen molar-refractivity contribution in [1.82, 2.24) is 4.31 Å². The van der Waals surface area contributed by atoms with Crippen LogP contribution in [0.3, 0.4) is 0 Å². The van der Waals surface area contributed by atoms with Gasteiger partial charge in [0.25, 0.3) is 5.91 Å². The van der Waals surface area contributed by atoms with Crippen molar-refractivity contribution in [3.05, 3.63) is 53.6 Å². The van der Waals surface area contributed by atoms with Gasteiger partial charge >= 0.3 is 0 Å². The molecule has 0 saturated carbocycles. The Kier molecular flexibility index (Phi) is 4.68. The first kappa shape index (κ1) is 18.6. The normalized spacial score (nSPS) is 19.3. The Morgan fingerprint density at radius 1 is 1.11 bits per heavy atom. The lowest BCUT2D eigenvalue weighted by Crippen LogP contribution is -2.27. The maximum Gasteiger partial charge on any atom is 0.255 e. The predicted molar refractivity (Wildman–Crippen MR) is 106 cm³/mol. The van der Waals surface area contributed by atoms with Gasteiger partial charge < -0.3 is 10.6 Å². The van der Waals surface area contributed by atoms with Crippen LogP contribution in [0.15, 0.2) is 47.4 Å². The molecule has 0 radical (unpaired) electrons. The molecule has 28 heavy (non-hydrogen) atoms. The lowest BCUT2D eigenvalue weighted by molar-refractivity contribution is -0.116. The van der Waals surface area contributed by atoms with E-state index in [1.807, 2.05) is 6.92 Å². The zero-order valence-electron chi connectivity index (χ0n) is 15.4. The first-order valence-corrected chi connectivity index (χ1v) is 10.7. The summed E-state index contributed by atoms with van der Waals surface area (Å²) < 4.78 is 26.6. The van der Waals surface area contributed by atoms with E-state index in [2.05, 4.69) is 10.6 Å². The summed E-state index contributed by atoms with van der Waals surface area (Å²) in [5.74, 6) is -0.662. The van der Waals surface area contributed by atoms with Crippen LogP contribution in [-0.2, 0) is 14.8 Å². The number of anilines is 2. The molecule has 146 valence electrons. The van der Waals surface area contributed by atoms with Crippen LogP contribution < -0.4 is 10.6 Å². The minimum absolute atomic E-state index is 0.0618. The second-order valence-corrected chi connectivity index (χ2v) is 9.04. The molecule has 1 atom stereocenters. The van der Waals surface area contributed by atoms with Gasteiger partial charge in [0, 0.05) is 30.0 Å². The van der Waals surface area contributed by atoms with Crippen LogP contribution in [0.1, 0.15) is 41.6 Å². The highest BCUT2D eigenvalue weighted by atomic mass is 32.2. The summed E-state index contributed by atoms with van der Waals surface area (Å²) in [4.78, 5) is 24.5. The molecule has 0 bridgehead atoms. The molecule has 2 amide bonds. The minimum Gasteiger partial charge on any atom is -0.325 e. The molecule has 2 aliphatic rings. The molecule has 0 spiro atoms. The first-order valence-electron chi connectivity index (χ1n) is 9.22. The predicted octanol–water partition coefficient (Wildman–Crippen LogP) is 2.78. The highest BCUT2D eigenvalue weighted by molar-refractivity contribution is 7.89. The number of benzene rings is 2. The van der Waals surface area contributed by atoms with Gasteiger partial charge in [-0.2, -0.15) is 4.31 Å². The van der Waals surface area contributed by atoms with Crippen LogP contribution in [0.2, 0.25) is 0 Å². The molecule has 0 aliphatic carbocycles. The summed E-state index contributed by atoms with van der Waals surface area (Å²) in [6, 6.07) is 11.2. The van der Waals surface area contributed by atoms with Crippen molar-refractivity contribution in [1.29, 1.82) is 0 Å². The number of nitrogens with zero attached hydrogens (tertiary/aromatic N) is 1. The molecule has 2 N–H and O–H groups in total. The maximum absolute atomic E-state index is 12.6. The van der Waals surface area contributed by atoms with Gasteiger partial charge in [-0.1, -0.05) is 0 Å². The van der Waals surface area contributed by atoms with Gasteiger partial charge in [-0.3, -0.25) is 9.59 Å². The van der Waals surface area contributed by atoms with E-state index in [4.69, 9.17) is 0 Å². The zero-order valence-corrected chi connectivity index (χ0v) is 16.3. The Morgan fingerprint density at radius 2 is 1.79 bits per heavy atom. The molecule has 1 saturated heterocycles. The van der Waals surface area contributed by atoms with Gasteiger partial charge in [-0.25, -0.2) is 8.42 Å². The maximum atomic E-state index is 12.6. The summed E-state index contributed by atoms with van der Waals surface area (Å²) >= 11 is 0. The summed E-state index contributed by atoms with van der Waals surface area (Å²) in [6.45, 7) is 2.89. The molecule has 2 aromatic rings. The van der Waals surface area contributed by atoms with Crippen LogP contribution >= 0.6 is 0 Å². The average molecular weight is 399 g/mol. The molecular formula is C20H21N3O4S. The largest absolute Gasteiger partial charge is 0.325 e. The van der Waals surface area contributed by atoms with Crippen molar-refractivity contribution in [3.8, 4) is 0 Å². The number of carbonyl (C=O) groups excluding carboxylic acids is 2. The first-order chi connectivity index (χ1) is 13.4. The molecule has 2 aliphatic heterocycles. The Labute approximate surface area is 163 Å². The molecule has 7 nitrogen and oxygen atoms in total. The standard InChI is InChI=1S/C20H21N3O4S/c1-13-17-12-15(6-9-18(17)22-19(13)24)21-20(25)14-4-7-16(8-5-14)28(26,27)23-10-2-3-11-23/h4-9,12-13H,2-3,10-11H2,1H3,(H,21,25)(H,22,24). The van der Waals surface area contributed by atoms with Gasteiger partial charge in [0.15, 0.2) is 0 Å². The lowest BCUT2D eigenvalue weighted by Gasteiger charge is -2.15. The van der Waals surface area contributed by atoms with Gasteiger partial charge in [0.05, 0.1) is 10.8 Å². The van der Waals surface area contributed by atoms with Crippen molar-refractivity contribution in [2.45, 2.75) is 30.6 Å². The SMILES string of the molecule is CC1C(=O)Nc2ccc(NC(=O)c3ccc(S(=O)(=O)N4CCCC4)cc3)cc21. The van der Waals surface area contributed by atoms with E-state index in [9.17, 15) is 18.0 Å². The number of nitrogens with one attached hydrogen (secondary N) is 2. The van der Waals surface area contributed by atoms with Gasteiger partial charge in [0.1, 0.15) is 0 Å². The highest BCUT2D eigenvalue weighted by Crippen LogP contribution is 2.34. The van der Waals surface area contributed by atoms with E-state index in [1.54, 1.807) is 18.2 Å². The minimum atomic E-state index is -3.50. The monoisotopic (exact) mass is 399 g/mol. The molecule has 1 unspecified atom stereocenters. The Balaban J connectivity index is 1.50. The fourth-order valence-corrected chi connectivity index (χ4v) is 5.07. The van der Waals surface area contributed by atoms with E-state index in [0.717, 1.165) is 24.1 Å². The number of amides is 2. The zero-order chi connectivity index (χ0) is 19.9. The molecule has 8 heteroatoms. The quantitative estimate of drug-likeness (QED) is 0.826. The second kappa shape index (κ2) is 7.03. The lowest BCUT2D eigenvalue weighted by atomic mass is 10.0. The van der Waals surface area contributed by atoms with Crippen LogP contribution in [0.5, 0.6) is 0 Å². The van der Waals surface area contributed by atoms with E-state index >= 15 is 0 Å². The summed E-state index contributed by atoms with van der Waals surface area (Å²) in [5, 5.41) is 5.59. The van der Waals surface area contributed by atoms with Crippen LogP contribution in [0.25, 0.3) is 0 Å². The fraction of sp³-hybridized carbons (Fsp3) is 0.300. The fourth-order valence-electron chi connectivity index (χ4n) is 3.55. The number of sulfonamides is 1. The van der Waals surface area contributed by atoms with Crippen LogP contribution in [0.4, 0.5) is 11.4 Å². The van der Waals surface area contributed by atoms with E-state index < -0.39 is 10.0 Å². The topological polar surface area (TPSA) is 95.6 Å². The third-order valence-electron chi connectivity index (χ3n) is 5.25. The molecule has 1 fully saturated rings.